The summed E-state index contributed by atoms with van der Waals surface area (Å²) in [4.78, 5) is 11.4. The summed E-state index contributed by atoms with van der Waals surface area (Å²) in [6, 6.07) is 9.20. The molecular formula is C15H19N4O+. The summed E-state index contributed by atoms with van der Waals surface area (Å²) in [5, 5.41) is 12.3. The lowest BCUT2D eigenvalue weighted by Crippen LogP contribution is -2.89. The van der Waals surface area contributed by atoms with Gasteiger partial charge in [0.25, 0.3) is 0 Å². The van der Waals surface area contributed by atoms with Gasteiger partial charge in [0.05, 0.1) is 31.7 Å². The van der Waals surface area contributed by atoms with Gasteiger partial charge in [0, 0.05) is 11.8 Å². The van der Waals surface area contributed by atoms with Crippen molar-refractivity contribution in [2.45, 2.75) is 6.92 Å². The van der Waals surface area contributed by atoms with Gasteiger partial charge in [-0.05, 0) is 19.1 Å². The number of hydrogen-bond donors (Lipinski definition) is 2. The first-order valence-electron chi connectivity index (χ1n) is 6.95. The highest BCUT2D eigenvalue weighted by molar-refractivity contribution is 5.65. The molecule has 1 aromatic carbocycles. The number of phenolic OH excluding ortho intramolecular Hbond substituents is 1. The normalized spacial score (nSPS) is 15.3. The first-order valence-corrected chi connectivity index (χ1v) is 6.95. The number of para-hydroxylation sites is 1. The van der Waals surface area contributed by atoms with Crippen molar-refractivity contribution in [2.24, 2.45) is 0 Å². The number of nitrogens with two attached hydrogens (primary N) is 1. The van der Waals surface area contributed by atoms with Crippen molar-refractivity contribution in [2.75, 3.05) is 31.1 Å². The first kappa shape index (κ1) is 12.9. The van der Waals surface area contributed by atoms with Crippen LogP contribution in [0.2, 0.25) is 0 Å². The van der Waals surface area contributed by atoms with Gasteiger partial charge >= 0.3 is 0 Å². The summed E-state index contributed by atoms with van der Waals surface area (Å²) < 4.78 is 0. The van der Waals surface area contributed by atoms with Crippen LogP contribution in [0.4, 0.5) is 5.82 Å². The molecule has 1 aliphatic rings. The van der Waals surface area contributed by atoms with E-state index in [1.54, 1.807) is 12.1 Å². The number of nitrogens with zero attached hydrogens (tertiary/aromatic N) is 3. The van der Waals surface area contributed by atoms with E-state index in [1.165, 1.54) is 0 Å². The molecule has 1 aromatic heterocycles. The molecule has 20 heavy (non-hydrogen) atoms. The van der Waals surface area contributed by atoms with Crippen molar-refractivity contribution in [1.82, 2.24) is 9.97 Å². The van der Waals surface area contributed by atoms with E-state index in [9.17, 15) is 5.11 Å². The van der Waals surface area contributed by atoms with Gasteiger partial charge in [-0.2, -0.15) is 0 Å². The number of rotatable bonds is 2. The topological polar surface area (TPSA) is 65.9 Å². The van der Waals surface area contributed by atoms with Gasteiger partial charge in [-0.25, -0.2) is 9.97 Å². The van der Waals surface area contributed by atoms with E-state index < -0.39 is 0 Å². The Balaban J connectivity index is 2.00. The summed E-state index contributed by atoms with van der Waals surface area (Å²) in [5.41, 5.74) is 1.60. The van der Waals surface area contributed by atoms with Crippen LogP contribution in [0.25, 0.3) is 11.4 Å². The van der Waals surface area contributed by atoms with Crippen molar-refractivity contribution >= 4 is 5.82 Å². The lowest BCUT2D eigenvalue weighted by Gasteiger charge is -2.26. The smallest absolute Gasteiger partial charge is 0.165 e. The Morgan fingerprint density at radius 3 is 2.65 bits per heavy atom. The number of piperazine rings is 1. The molecule has 104 valence electrons. The van der Waals surface area contributed by atoms with Crippen LogP contribution in [0.1, 0.15) is 5.69 Å². The fourth-order valence-corrected chi connectivity index (χ4v) is 2.48. The Kier molecular flexibility index (Phi) is 3.52. The lowest BCUT2D eigenvalue weighted by atomic mass is 10.2. The van der Waals surface area contributed by atoms with Crippen LogP contribution in [-0.4, -0.2) is 41.3 Å². The minimum Gasteiger partial charge on any atom is -0.507 e. The molecule has 0 bridgehead atoms. The molecule has 0 spiro atoms. The molecule has 0 amide bonds. The monoisotopic (exact) mass is 271 g/mol. The van der Waals surface area contributed by atoms with Crippen molar-refractivity contribution in [3.05, 3.63) is 36.0 Å². The van der Waals surface area contributed by atoms with Gasteiger partial charge in [-0.1, -0.05) is 12.1 Å². The number of phenols is 1. The van der Waals surface area contributed by atoms with Gasteiger partial charge in [0.15, 0.2) is 5.82 Å². The predicted octanol–water partition coefficient (Wildman–Crippen LogP) is 0.541. The maximum atomic E-state index is 9.96. The third kappa shape index (κ3) is 2.58. The number of benzene rings is 1. The molecule has 1 fully saturated rings. The maximum Gasteiger partial charge on any atom is 0.165 e. The lowest BCUT2D eigenvalue weighted by molar-refractivity contribution is -0.655. The van der Waals surface area contributed by atoms with Crippen molar-refractivity contribution in [1.29, 1.82) is 0 Å². The zero-order valence-corrected chi connectivity index (χ0v) is 11.6. The van der Waals surface area contributed by atoms with Crippen LogP contribution in [-0.2, 0) is 0 Å². The molecular weight excluding hydrogens is 252 g/mol. The van der Waals surface area contributed by atoms with Crippen LogP contribution in [0.5, 0.6) is 5.75 Å². The molecule has 0 unspecified atom stereocenters. The Morgan fingerprint density at radius 2 is 1.90 bits per heavy atom. The molecule has 0 radical (unpaired) electrons. The maximum absolute atomic E-state index is 9.96. The predicted molar refractivity (Wildman–Crippen MR) is 77.7 cm³/mol. The average Bonchev–Trinajstić information content (AvgIpc) is 2.48. The highest BCUT2D eigenvalue weighted by atomic mass is 16.3. The average molecular weight is 271 g/mol. The first-order chi connectivity index (χ1) is 9.74. The molecule has 0 aliphatic carbocycles. The zero-order valence-electron chi connectivity index (χ0n) is 11.6. The molecule has 1 aliphatic heterocycles. The van der Waals surface area contributed by atoms with E-state index in [2.05, 4.69) is 20.2 Å². The summed E-state index contributed by atoms with van der Waals surface area (Å²) in [6.45, 7) is 6.14. The van der Waals surface area contributed by atoms with Crippen molar-refractivity contribution < 1.29 is 10.4 Å². The summed E-state index contributed by atoms with van der Waals surface area (Å²) in [5.74, 6) is 1.76. The van der Waals surface area contributed by atoms with E-state index in [-0.39, 0.29) is 5.75 Å². The van der Waals surface area contributed by atoms with Crippen LogP contribution in [0.15, 0.2) is 30.3 Å². The highest BCUT2D eigenvalue weighted by Gasteiger charge is 2.16. The fourth-order valence-electron chi connectivity index (χ4n) is 2.48. The SMILES string of the molecule is Cc1cc(N2CC[NH2+]CC2)nc(-c2ccccc2O)n1. The summed E-state index contributed by atoms with van der Waals surface area (Å²) >= 11 is 0. The van der Waals surface area contributed by atoms with Crippen molar-refractivity contribution in [3.63, 3.8) is 0 Å². The minimum atomic E-state index is 0.219. The van der Waals surface area contributed by atoms with E-state index in [1.807, 2.05) is 25.1 Å². The summed E-state index contributed by atoms with van der Waals surface area (Å²) in [6.07, 6.45) is 0. The van der Waals surface area contributed by atoms with E-state index in [0.29, 0.717) is 11.4 Å². The third-order valence-electron chi connectivity index (χ3n) is 3.52. The second-order valence-electron chi connectivity index (χ2n) is 5.06. The standard InChI is InChI=1S/C15H18N4O/c1-11-10-14(19-8-6-16-7-9-19)18-15(17-11)12-4-2-3-5-13(12)20/h2-5,10,16,20H,6-9H2,1H3/p+1. The number of aromatic hydroxyl groups is 1. The molecule has 2 heterocycles. The molecule has 3 N–H and O–H groups in total. The molecule has 3 rings (SSSR count). The highest BCUT2D eigenvalue weighted by Crippen LogP contribution is 2.27. The van der Waals surface area contributed by atoms with Crippen LogP contribution >= 0.6 is 0 Å². The Hall–Kier alpha value is -2.14. The van der Waals surface area contributed by atoms with E-state index in [4.69, 9.17) is 0 Å². The van der Waals surface area contributed by atoms with E-state index >= 15 is 0 Å². The Bertz CT molecular complexity index is 609. The number of quaternary nitrogens is 1. The van der Waals surface area contributed by atoms with Gasteiger partial charge in [-0.15, -0.1) is 0 Å². The number of aromatic nitrogens is 2. The molecule has 0 atom stereocenters. The molecule has 0 saturated carbocycles. The molecule has 5 nitrogen and oxygen atoms in total. The summed E-state index contributed by atoms with van der Waals surface area (Å²) in [7, 11) is 0. The number of anilines is 1. The van der Waals surface area contributed by atoms with Crippen molar-refractivity contribution in [3.8, 4) is 17.1 Å². The molecule has 1 saturated heterocycles. The minimum absolute atomic E-state index is 0.219. The van der Waals surface area contributed by atoms with E-state index in [0.717, 1.165) is 37.7 Å². The van der Waals surface area contributed by atoms with Gasteiger partial charge in [0.1, 0.15) is 11.6 Å². The van der Waals surface area contributed by atoms with Gasteiger partial charge in [0.2, 0.25) is 0 Å². The second-order valence-corrected chi connectivity index (χ2v) is 5.06. The Morgan fingerprint density at radius 1 is 1.15 bits per heavy atom. The van der Waals surface area contributed by atoms with Crippen LogP contribution in [0, 0.1) is 6.92 Å². The van der Waals surface area contributed by atoms with Crippen LogP contribution < -0.4 is 10.2 Å². The third-order valence-corrected chi connectivity index (χ3v) is 3.52. The number of hydrogen-bond acceptors (Lipinski definition) is 4. The largest absolute Gasteiger partial charge is 0.507 e. The molecule has 5 heteroatoms. The van der Waals surface area contributed by atoms with Gasteiger partial charge in [-0.3, -0.25) is 0 Å². The quantitative estimate of drug-likeness (QED) is 0.837. The van der Waals surface area contributed by atoms with Crippen LogP contribution in [0.3, 0.4) is 0 Å². The molecule has 2 aromatic rings. The van der Waals surface area contributed by atoms with Gasteiger partial charge < -0.3 is 15.3 Å². The fraction of sp³-hybridized carbons (Fsp3) is 0.333. The second kappa shape index (κ2) is 5.46. The Labute approximate surface area is 118 Å². The zero-order chi connectivity index (χ0) is 13.9. The number of aryl methyl sites for hydroxylation is 1.